The second-order valence-corrected chi connectivity index (χ2v) is 7.67. The molecule has 0 radical (unpaired) electrons. The van der Waals surface area contributed by atoms with Gasteiger partial charge >= 0.3 is 0 Å². The van der Waals surface area contributed by atoms with Crippen molar-refractivity contribution in [2.24, 2.45) is 0 Å². The Morgan fingerprint density at radius 2 is 1.26 bits per heavy atom. The molecule has 1 aromatic heterocycles. The minimum atomic E-state index is 0.350. The molecule has 144 valence electrons. The first-order valence-electron chi connectivity index (χ1n) is 10.8. The lowest BCUT2D eigenvalue weighted by Crippen LogP contribution is -1.91. The zero-order valence-corrected chi connectivity index (χ0v) is 16.5. The summed E-state index contributed by atoms with van der Waals surface area (Å²) in [5.74, 6) is 0. The van der Waals surface area contributed by atoms with Crippen molar-refractivity contribution in [3.05, 3.63) is 54.1 Å². The zero-order chi connectivity index (χ0) is 18.7. The van der Waals surface area contributed by atoms with Crippen LogP contribution in [0.25, 0.3) is 21.8 Å². The van der Waals surface area contributed by atoms with Crippen LogP contribution in [-0.2, 0) is 6.42 Å². The maximum absolute atomic E-state index is 8.77. The molecule has 3 aromatic rings. The quantitative estimate of drug-likeness (QED) is 0.283. The molecule has 0 fully saturated rings. The maximum atomic E-state index is 8.77. The Bertz CT molecular complexity index is 827. The Morgan fingerprint density at radius 1 is 0.630 bits per heavy atom. The summed E-state index contributed by atoms with van der Waals surface area (Å²) >= 11 is 0. The van der Waals surface area contributed by atoms with Crippen molar-refractivity contribution in [1.82, 2.24) is 4.98 Å². The number of benzene rings is 2. The molecule has 2 nitrogen and oxygen atoms in total. The van der Waals surface area contributed by atoms with Gasteiger partial charge in [0.1, 0.15) is 0 Å². The fourth-order valence-corrected chi connectivity index (χ4v) is 3.92. The number of pyridine rings is 1. The molecule has 0 saturated heterocycles. The lowest BCUT2D eigenvalue weighted by atomic mass is 9.99. The third kappa shape index (κ3) is 6.04. The number of para-hydroxylation sites is 1. The van der Waals surface area contributed by atoms with Crippen molar-refractivity contribution >= 4 is 21.8 Å². The van der Waals surface area contributed by atoms with Gasteiger partial charge in [-0.1, -0.05) is 81.7 Å². The SMILES string of the molecule is OCCCCCCCCCCCCc1cccc2nc3ccccc3cc12. The van der Waals surface area contributed by atoms with Gasteiger partial charge < -0.3 is 5.11 Å². The molecule has 0 bridgehead atoms. The Kier molecular flexibility index (Phi) is 8.10. The van der Waals surface area contributed by atoms with Crippen molar-refractivity contribution in [1.29, 1.82) is 0 Å². The monoisotopic (exact) mass is 363 g/mol. The summed E-state index contributed by atoms with van der Waals surface area (Å²) in [7, 11) is 0. The average Bonchev–Trinajstić information content (AvgIpc) is 2.70. The van der Waals surface area contributed by atoms with E-state index in [0.29, 0.717) is 6.61 Å². The van der Waals surface area contributed by atoms with Gasteiger partial charge in [0.2, 0.25) is 0 Å². The minimum absolute atomic E-state index is 0.350. The van der Waals surface area contributed by atoms with E-state index in [1.807, 2.05) is 0 Å². The predicted octanol–water partition coefficient (Wildman–Crippen LogP) is 6.82. The third-order valence-electron chi connectivity index (χ3n) is 5.51. The number of fused-ring (bicyclic) bond motifs is 2. The van der Waals surface area contributed by atoms with E-state index >= 15 is 0 Å². The first kappa shape index (κ1) is 19.8. The molecule has 0 spiro atoms. The molecule has 0 amide bonds. The van der Waals surface area contributed by atoms with E-state index in [4.69, 9.17) is 10.1 Å². The number of nitrogens with zero attached hydrogens (tertiary/aromatic N) is 1. The molecular weight excluding hydrogens is 330 g/mol. The second kappa shape index (κ2) is 11.0. The van der Waals surface area contributed by atoms with Crippen LogP contribution in [0.4, 0.5) is 0 Å². The first-order valence-corrected chi connectivity index (χ1v) is 10.8. The molecular formula is C25H33NO. The molecule has 0 aliphatic rings. The Morgan fingerprint density at radius 3 is 2.00 bits per heavy atom. The van der Waals surface area contributed by atoms with Gasteiger partial charge in [-0.3, -0.25) is 0 Å². The molecule has 0 aliphatic carbocycles. The van der Waals surface area contributed by atoms with E-state index in [-0.39, 0.29) is 0 Å². The lowest BCUT2D eigenvalue weighted by molar-refractivity contribution is 0.282. The molecule has 2 heteroatoms. The number of aromatic nitrogens is 1. The number of unbranched alkanes of at least 4 members (excludes halogenated alkanes) is 9. The number of aliphatic hydroxyl groups is 1. The van der Waals surface area contributed by atoms with E-state index in [2.05, 4.69) is 48.5 Å². The normalized spacial score (nSPS) is 11.4. The minimum Gasteiger partial charge on any atom is -0.396 e. The van der Waals surface area contributed by atoms with Gasteiger partial charge in [0.05, 0.1) is 11.0 Å². The van der Waals surface area contributed by atoms with Crippen molar-refractivity contribution in [2.75, 3.05) is 6.61 Å². The van der Waals surface area contributed by atoms with Crippen LogP contribution in [0.1, 0.15) is 69.8 Å². The van der Waals surface area contributed by atoms with Crippen LogP contribution in [0.2, 0.25) is 0 Å². The summed E-state index contributed by atoms with van der Waals surface area (Å²) in [6, 6.07) is 17.2. The summed E-state index contributed by atoms with van der Waals surface area (Å²) in [6.07, 6.45) is 13.9. The highest BCUT2D eigenvalue weighted by molar-refractivity contribution is 5.94. The van der Waals surface area contributed by atoms with Crippen LogP contribution in [0.5, 0.6) is 0 Å². The van der Waals surface area contributed by atoms with Crippen molar-refractivity contribution in [3.63, 3.8) is 0 Å². The van der Waals surface area contributed by atoms with Gasteiger partial charge in [0, 0.05) is 17.4 Å². The van der Waals surface area contributed by atoms with Gasteiger partial charge in [0.15, 0.2) is 0 Å². The first-order chi connectivity index (χ1) is 13.4. The summed E-state index contributed by atoms with van der Waals surface area (Å²) in [6.45, 7) is 0.350. The Hall–Kier alpha value is -1.93. The fraction of sp³-hybridized carbons (Fsp3) is 0.480. The molecule has 27 heavy (non-hydrogen) atoms. The summed E-state index contributed by atoms with van der Waals surface area (Å²) in [4.78, 5) is 4.83. The van der Waals surface area contributed by atoms with Crippen LogP contribution < -0.4 is 0 Å². The number of aryl methyl sites for hydroxylation is 1. The Balaban J connectivity index is 1.41. The van der Waals surface area contributed by atoms with Crippen LogP contribution in [0, 0.1) is 0 Å². The lowest BCUT2D eigenvalue weighted by Gasteiger charge is -2.08. The summed E-state index contributed by atoms with van der Waals surface area (Å²) in [5, 5.41) is 11.3. The largest absolute Gasteiger partial charge is 0.396 e. The Labute approximate surface area is 163 Å². The highest BCUT2D eigenvalue weighted by Gasteiger charge is 2.04. The number of aliphatic hydroxyl groups excluding tert-OH is 1. The third-order valence-corrected chi connectivity index (χ3v) is 5.51. The van der Waals surface area contributed by atoms with E-state index in [0.717, 1.165) is 23.9 Å². The number of hydrogen-bond acceptors (Lipinski definition) is 2. The van der Waals surface area contributed by atoms with Crippen molar-refractivity contribution in [3.8, 4) is 0 Å². The van der Waals surface area contributed by atoms with Crippen LogP contribution in [0.15, 0.2) is 48.5 Å². The van der Waals surface area contributed by atoms with Crippen molar-refractivity contribution < 1.29 is 5.11 Å². The van der Waals surface area contributed by atoms with Crippen LogP contribution >= 0.6 is 0 Å². The highest BCUT2D eigenvalue weighted by Crippen LogP contribution is 2.24. The molecule has 0 unspecified atom stereocenters. The molecule has 0 atom stereocenters. The zero-order valence-electron chi connectivity index (χ0n) is 16.5. The van der Waals surface area contributed by atoms with Crippen LogP contribution in [0.3, 0.4) is 0 Å². The number of rotatable bonds is 12. The van der Waals surface area contributed by atoms with Crippen LogP contribution in [-0.4, -0.2) is 16.7 Å². The van der Waals surface area contributed by atoms with Gasteiger partial charge in [-0.25, -0.2) is 4.98 Å². The standard InChI is InChI=1S/C25H33NO/c27-19-12-8-6-4-2-1-3-5-7-9-14-21-16-13-18-25-23(21)20-22-15-10-11-17-24(22)26-25/h10-11,13,15-18,20,27H,1-9,12,14,19H2. The van der Waals surface area contributed by atoms with Crippen molar-refractivity contribution in [2.45, 2.75) is 70.6 Å². The topological polar surface area (TPSA) is 33.1 Å². The van der Waals surface area contributed by atoms with Gasteiger partial charge in [0.25, 0.3) is 0 Å². The highest BCUT2D eigenvalue weighted by atomic mass is 16.2. The predicted molar refractivity (Wildman–Crippen MR) is 116 cm³/mol. The molecule has 3 rings (SSSR count). The van der Waals surface area contributed by atoms with E-state index in [1.54, 1.807) is 0 Å². The molecule has 0 saturated carbocycles. The van der Waals surface area contributed by atoms with Gasteiger partial charge in [-0.15, -0.1) is 0 Å². The van der Waals surface area contributed by atoms with E-state index < -0.39 is 0 Å². The smallest absolute Gasteiger partial charge is 0.0712 e. The van der Waals surface area contributed by atoms with E-state index in [9.17, 15) is 0 Å². The van der Waals surface area contributed by atoms with Gasteiger partial charge in [-0.05, 0) is 43.0 Å². The molecule has 0 aliphatic heterocycles. The molecule has 1 heterocycles. The van der Waals surface area contributed by atoms with Gasteiger partial charge in [-0.2, -0.15) is 0 Å². The maximum Gasteiger partial charge on any atom is 0.0712 e. The molecule has 1 N–H and O–H groups in total. The fourth-order valence-electron chi connectivity index (χ4n) is 3.92. The average molecular weight is 364 g/mol. The second-order valence-electron chi connectivity index (χ2n) is 7.67. The summed E-state index contributed by atoms with van der Waals surface area (Å²) in [5.41, 5.74) is 3.64. The summed E-state index contributed by atoms with van der Waals surface area (Å²) < 4.78 is 0. The van der Waals surface area contributed by atoms with E-state index in [1.165, 1.54) is 74.1 Å². The number of hydrogen-bond donors (Lipinski definition) is 1. The molecule has 2 aromatic carbocycles.